The van der Waals surface area contributed by atoms with Gasteiger partial charge in [0.25, 0.3) is 0 Å². The van der Waals surface area contributed by atoms with Crippen LogP contribution < -0.4 is 5.32 Å². The average molecular weight is 293 g/mol. The Kier molecular flexibility index (Phi) is 4.67. The van der Waals surface area contributed by atoms with Crippen molar-refractivity contribution in [3.05, 3.63) is 17.5 Å². The molecule has 20 heavy (non-hydrogen) atoms. The van der Waals surface area contributed by atoms with Gasteiger partial charge in [0.15, 0.2) is 0 Å². The fourth-order valence-corrected chi connectivity index (χ4v) is 1.55. The molecule has 1 rings (SSSR count). The molecule has 1 aromatic rings. The van der Waals surface area contributed by atoms with E-state index in [-0.39, 0.29) is 18.7 Å². The number of halogens is 3. The lowest BCUT2D eigenvalue weighted by molar-refractivity contribution is -0.138. The first-order valence-electron chi connectivity index (χ1n) is 6.05. The Morgan fingerprint density at radius 3 is 2.50 bits per heavy atom. The number of carbonyl (C=O) groups is 1. The molecule has 114 valence electrons. The van der Waals surface area contributed by atoms with Gasteiger partial charge in [0.05, 0.1) is 11.3 Å². The molecule has 0 saturated carbocycles. The van der Waals surface area contributed by atoms with E-state index in [0.717, 1.165) is 10.9 Å². The smallest absolute Gasteiger partial charge is 0.419 e. The van der Waals surface area contributed by atoms with E-state index in [1.54, 1.807) is 20.8 Å². The molecule has 0 aliphatic carbocycles. The Balaban J connectivity index is 2.57. The maximum absolute atomic E-state index is 12.7. The number of nitrogens with zero attached hydrogens (tertiary/aromatic N) is 2. The predicted octanol–water partition coefficient (Wildman–Crippen LogP) is 2.51. The highest BCUT2D eigenvalue weighted by atomic mass is 19.4. The molecule has 5 nitrogen and oxygen atoms in total. The highest BCUT2D eigenvalue weighted by Crippen LogP contribution is 2.31. The summed E-state index contributed by atoms with van der Waals surface area (Å²) in [6.45, 7) is 5.13. The minimum Gasteiger partial charge on any atom is -0.444 e. The van der Waals surface area contributed by atoms with Gasteiger partial charge in [-0.3, -0.25) is 4.68 Å². The summed E-state index contributed by atoms with van der Waals surface area (Å²) in [6.07, 6.45) is -4.21. The number of ether oxygens (including phenoxy) is 1. The van der Waals surface area contributed by atoms with E-state index >= 15 is 0 Å². The third-order valence-electron chi connectivity index (χ3n) is 2.24. The highest BCUT2D eigenvalue weighted by molar-refractivity contribution is 5.67. The van der Waals surface area contributed by atoms with Crippen molar-refractivity contribution in [1.82, 2.24) is 15.1 Å². The minimum atomic E-state index is -4.45. The molecule has 0 radical (unpaired) electrons. The standard InChI is InChI=1S/C12H18F3N3O2/c1-11(2,3)20-10(19)16-6-5-9-8(12(13,14)15)7-18(4)17-9/h7H,5-6H2,1-4H3,(H,16,19). The van der Waals surface area contributed by atoms with Crippen LogP contribution in [-0.4, -0.2) is 28.0 Å². The van der Waals surface area contributed by atoms with Gasteiger partial charge >= 0.3 is 12.3 Å². The van der Waals surface area contributed by atoms with E-state index < -0.39 is 23.4 Å². The number of nitrogens with one attached hydrogen (secondary N) is 1. The second-order valence-electron chi connectivity index (χ2n) is 5.34. The number of alkyl halides is 3. The van der Waals surface area contributed by atoms with Crippen LogP contribution in [0, 0.1) is 0 Å². The summed E-state index contributed by atoms with van der Waals surface area (Å²) < 4.78 is 44.2. The summed E-state index contributed by atoms with van der Waals surface area (Å²) in [7, 11) is 1.42. The fourth-order valence-electron chi connectivity index (χ4n) is 1.55. The number of aryl methyl sites for hydroxylation is 1. The summed E-state index contributed by atoms with van der Waals surface area (Å²) in [5.41, 5.74) is -1.53. The molecule has 1 heterocycles. The molecule has 1 aromatic heterocycles. The molecule has 8 heteroatoms. The van der Waals surface area contributed by atoms with Crippen molar-refractivity contribution in [2.24, 2.45) is 7.05 Å². The monoisotopic (exact) mass is 293 g/mol. The van der Waals surface area contributed by atoms with Gasteiger partial charge in [0, 0.05) is 26.2 Å². The van der Waals surface area contributed by atoms with Crippen LogP contribution in [0.1, 0.15) is 32.0 Å². The van der Waals surface area contributed by atoms with Gasteiger partial charge in [0.1, 0.15) is 5.60 Å². The third-order valence-corrected chi connectivity index (χ3v) is 2.24. The summed E-state index contributed by atoms with van der Waals surface area (Å²) in [5, 5.41) is 6.15. The topological polar surface area (TPSA) is 56.2 Å². The maximum atomic E-state index is 12.7. The molecule has 0 bridgehead atoms. The fraction of sp³-hybridized carbons (Fsp3) is 0.667. The van der Waals surface area contributed by atoms with Gasteiger partial charge in [-0.05, 0) is 20.8 Å². The van der Waals surface area contributed by atoms with Crippen molar-refractivity contribution >= 4 is 6.09 Å². The van der Waals surface area contributed by atoms with Crippen LogP contribution in [0.2, 0.25) is 0 Å². The van der Waals surface area contributed by atoms with Gasteiger partial charge < -0.3 is 10.1 Å². The van der Waals surface area contributed by atoms with Crippen LogP contribution >= 0.6 is 0 Å². The van der Waals surface area contributed by atoms with Crippen molar-refractivity contribution < 1.29 is 22.7 Å². The molecular formula is C12H18F3N3O2. The number of carbonyl (C=O) groups excluding carboxylic acids is 1. The zero-order chi connectivity index (χ0) is 15.6. The Morgan fingerprint density at radius 2 is 2.00 bits per heavy atom. The predicted molar refractivity (Wildman–Crippen MR) is 66.2 cm³/mol. The van der Waals surface area contributed by atoms with Crippen molar-refractivity contribution in [2.45, 2.75) is 39.0 Å². The Labute approximate surface area is 115 Å². The van der Waals surface area contributed by atoms with E-state index in [1.165, 1.54) is 7.05 Å². The van der Waals surface area contributed by atoms with E-state index in [0.29, 0.717) is 0 Å². The summed E-state index contributed by atoms with van der Waals surface area (Å²) in [6, 6.07) is 0. The van der Waals surface area contributed by atoms with Gasteiger partial charge in [-0.2, -0.15) is 18.3 Å². The molecule has 0 atom stereocenters. The first-order valence-corrected chi connectivity index (χ1v) is 6.05. The summed E-state index contributed by atoms with van der Waals surface area (Å²) in [4.78, 5) is 11.4. The highest BCUT2D eigenvalue weighted by Gasteiger charge is 2.35. The van der Waals surface area contributed by atoms with Crippen LogP contribution in [0.5, 0.6) is 0 Å². The van der Waals surface area contributed by atoms with E-state index in [4.69, 9.17) is 4.74 Å². The number of amides is 1. The van der Waals surface area contributed by atoms with Crippen LogP contribution in [0.15, 0.2) is 6.20 Å². The average Bonchev–Trinajstić information content (AvgIpc) is 2.56. The quantitative estimate of drug-likeness (QED) is 0.931. The molecule has 1 amide bonds. The van der Waals surface area contributed by atoms with Gasteiger partial charge in [-0.1, -0.05) is 0 Å². The number of rotatable bonds is 3. The SMILES string of the molecule is Cn1cc(C(F)(F)F)c(CCNC(=O)OC(C)(C)C)n1. The largest absolute Gasteiger partial charge is 0.444 e. The second-order valence-corrected chi connectivity index (χ2v) is 5.34. The van der Waals surface area contributed by atoms with E-state index in [1.807, 2.05) is 0 Å². The lowest BCUT2D eigenvalue weighted by Crippen LogP contribution is -2.33. The van der Waals surface area contributed by atoms with Crippen LogP contribution in [0.3, 0.4) is 0 Å². The van der Waals surface area contributed by atoms with Gasteiger partial charge in [0.2, 0.25) is 0 Å². The van der Waals surface area contributed by atoms with E-state index in [9.17, 15) is 18.0 Å². The molecular weight excluding hydrogens is 275 g/mol. The van der Waals surface area contributed by atoms with Crippen molar-refractivity contribution in [1.29, 1.82) is 0 Å². The Hall–Kier alpha value is -1.73. The van der Waals surface area contributed by atoms with Gasteiger partial charge in [-0.15, -0.1) is 0 Å². The maximum Gasteiger partial charge on any atom is 0.419 e. The number of hydrogen-bond acceptors (Lipinski definition) is 3. The first-order chi connectivity index (χ1) is 8.99. The molecule has 1 N–H and O–H groups in total. The summed E-state index contributed by atoms with van der Waals surface area (Å²) >= 11 is 0. The molecule has 0 spiro atoms. The van der Waals surface area contributed by atoms with Crippen molar-refractivity contribution in [3.63, 3.8) is 0 Å². The van der Waals surface area contributed by atoms with Crippen molar-refractivity contribution in [2.75, 3.05) is 6.54 Å². The third kappa shape index (κ3) is 5.10. The lowest BCUT2D eigenvalue weighted by atomic mass is 10.2. The molecule has 0 saturated heterocycles. The van der Waals surface area contributed by atoms with Crippen LogP contribution in [0.4, 0.5) is 18.0 Å². The zero-order valence-electron chi connectivity index (χ0n) is 11.8. The van der Waals surface area contributed by atoms with Crippen molar-refractivity contribution in [3.8, 4) is 0 Å². The normalized spacial score (nSPS) is 12.3. The van der Waals surface area contributed by atoms with E-state index in [2.05, 4.69) is 10.4 Å². The molecule has 0 unspecified atom stereocenters. The molecule has 0 aliphatic rings. The first kappa shape index (κ1) is 16.3. The molecule has 0 aliphatic heterocycles. The Bertz CT molecular complexity index is 475. The number of hydrogen-bond donors (Lipinski definition) is 1. The minimum absolute atomic E-state index is 0.0189. The zero-order valence-corrected chi connectivity index (χ0v) is 11.8. The van der Waals surface area contributed by atoms with Gasteiger partial charge in [-0.25, -0.2) is 4.79 Å². The summed E-state index contributed by atoms with van der Waals surface area (Å²) in [5.74, 6) is 0. The lowest BCUT2D eigenvalue weighted by Gasteiger charge is -2.19. The second kappa shape index (κ2) is 5.72. The van der Waals surface area contributed by atoms with Crippen LogP contribution in [0.25, 0.3) is 0 Å². The van der Waals surface area contributed by atoms with Crippen LogP contribution in [-0.2, 0) is 24.4 Å². The number of aromatic nitrogens is 2. The molecule has 0 aromatic carbocycles. The molecule has 0 fully saturated rings. The Morgan fingerprint density at radius 1 is 1.40 bits per heavy atom. The number of alkyl carbamates (subject to hydrolysis) is 1.